The summed E-state index contributed by atoms with van der Waals surface area (Å²) in [6.07, 6.45) is 1.32. The van der Waals surface area contributed by atoms with E-state index < -0.39 is 0 Å². The number of oxime groups is 1. The van der Waals surface area contributed by atoms with Gasteiger partial charge in [0.15, 0.2) is 0 Å². The summed E-state index contributed by atoms with van der Waals surface area (Å²) in [6.45, 7) is 0. The van der Waals surface area contributed by atoms with Gasteiger partial charge in [-0.2, -0.15) is 14.6 Å². The summed E-state index contributed by atoms with van der Waals surface area (Å²) < 4.78 is 11.3. The zero-order valence-electron chi connectivity index (χ0n) is 10.2. The summed E-state index contributed by atoms with van der Waals surface area (Å²) in [7, 11) is 2.93. The van der Waals surface area contributed by atoms with E-state index in [0.717, 1.165) is 0 Å². The predicted molar refractivity (Wildman–Crippen MR) is 62.6 cm³/mol. The van der Waals surface area contributed by atoms with Crippen molar-refractivity contribution in [2.45, 2.75) is 0 Å². The molecule has 0 aromatic carbocycles. The molecule has 19 heavy (non-hydrogen) atoms. The van der Waals surface area contributed by atoms with Crippen LogP contribution < -0.4 is 15.2 Å². The van der Waals surface area contributed by atoms with E-state index >= 15 is 0 Å². The van der Waals surface area contributed by atoms with E-state index in [0.29, 0.717) is 11.8 Å². The normalized spacial score (nSPS) is 11.4. The van der Waals surface area contributed by atoms with Crippen molar-refractivity contribution in [3.63, 3.8) is 0 Å². The highest BCUT2D eigenvalue weighted by Crippen LogP contribution is 2.16. The van der Waals surface area contributed by atoms with E-state index in [4.69, 9.17) is 20.4 Å². The monoisotopic (exact) mass is 265 g/mol. The van der Waals surface area contributed by atoms with E-state index in [2.05, 4.69) is 25.2 Å². The molecule has 0 fully saturated rings. The highest BCUT2D eigenvalue weighted by Gasteiger charge is 2.11. The molecule has 2 rings (SSSR count). The van der Waals surface area contributed by atoms with Crippen molar-refractivity contribution in [1.29, 1.82) is 0 Å². The summed E-state index contributed by atoms with van der Waals surface area (Å²) in [6, 6.07) is 1.52. The third-order valence-corrected chi connectivity index (χ3v) is 2.12. The van der Waals surface area contributed by atoms with E-state index in [-0.39, 0.29) is 17.6 Å². The van der Waals surface area contributed by atoms with Crippen LogP contribution in [0.1, 0.15) is 5.82 Å². The van der Waals surface area contributed by atoms with Crippen LogP contribution in [0.25, 0.3) is 5.95 Å². The van der Waals surface area contributed by atoms with Crippen LogP contribution in [0, 0.1) is 0 Å². The molecule has 10 nitrogen and oxygen atoms in total. The van der Waals surface area contributed by atoms with Gasteiger partial charge in [-0.1, -0.05) is 5.16 Å². The molecule has 0 aliphatic rings. The van der Waals surface area contributed by atoms with Gasteiger partial charge < -0.3 is 20.4 Å². The summed E-state index contributed by atoms with van der Waals surface area (Å²) >= 11 is 0. The largest absolute Gasteiger partial charge is 0.481 e. The Labute approximate surface area is 107 Å². The maximum Gasteiger partial charge on any atom is 0.258 e. The maximum atomic E-state index is 8.53. The molecule has 2 aromatic rings. The fourth-order valence-corrected chi connectivity index (χ4v) is 1.23. The first kappa shape index (κ1) is 12.5. The Morgan fingerprint density at radius 3 is 2.47 bits per heavy atom. The first-order valence-corrected chi connectivity index (χ1v) is 5.05. The quantitative estimate of drug-likeness (QED) is 0.316. The molecule has 0 radical (unpaired) electrons. The zero-order valence-corrected chi connectivity index (χ0v) is 10.2. The third kappa shape index (κ3) is 2.51. The van der Waals surface area contributed by atoms with Gasteiger partial charge in [0.2, 0.25) is 23.4 Å². The lowest BCUT2D eigenvalue weighted by atomic mass is 10.6. The SMILES string of the molecule is COc1cc(OC)nc(-n2cnc(/C(N)=N/O)n2)n1. The lowest BCUT2D eigenvalue weighted by Crippen LogP contribution is -2.15. The number of ether oxygens (including phenoxy) is 2. The fourth-order valence-electron chi connectivity index (χ4n) is 1.23. The van der Waals surface area contributed by atoms with Gasteiger partial charge >= 0.3 is 0 Å². The first-order valence-electron chi connectivity index (χ1n) is 5.05. The van der Waals surface area contributed by atoms with Gasteiger partial charge in [-0.25, -0.2) is 4.98 Å². The minimum atomic E-state index is -0.214. The molecule has 2 heterocycles. The van der Waals surface area contributed by atoms with Crippen molar-refractivity contribution in [1.82, 2.24) is 24.7 Å². The minimum Gasteiger partial charge on any atom is -0.481 e. The zero-order chi connectivity index (χ0) is 13.8. The Bertz CT molecular complexity index is 587. The molecule has 0 bridgehead atoms. The molecule has 3 N–H and O–H groups in total. The molecular weight excluding hydrogens is 254 g/mol. The van der Waals surface area contributed by atoms with Crippen LogP contribution in [0.4, 0.5) is 0 Å². The molecule has 0 aliphatic heterocycles. The number of rotatable bonds is 4. The number of nitrogens with zero attached hydrogens (tertiary/aromatic N) is 6. The second-order valence-corrected chi connectivity index (χ2v) is 3.25. The highest BCUT2D eigenvalue weighted by molar-refractivity contribution is 5.93. The lowest BCUT2D eigenvalue weighted by Gasteiger charge is -2.05. The number of hydrogen-bond acceptors (Lipinski definition) is 8. The van der Waals surface area contributed by atoms with Crippen LogP contribution in [-0.2, 0) is 0 Å². The predicted octanol–water partition coefficient (Wildman–Crippen LogP) is -0.831. The standard InChI is InChI=1S/C9H11N7O3/c1-18-5-3-6(19-2)13-9(12-5)16-4-11-8(14-16)7(10)15-17/h3-4,17H,1-2H3,(H2,10,15). The maximum absolute atomic E-state index is 8.53. The summed E-state index contributed by atoms with van der Waals surface area (Å²) in [5.41, 5.74) is 5.37. The average molecular weight is 265 g/mol. The average Bonchev–Trinajstić information content (AvgIpc) is 2.95. The smallest absolute Gasteiger partial charge is 0.258 e. The van der Waals surface area contributed by atoms with Crippen LogP contribution in [0.5, 0.6) is 11.8 Å². The van der Waals surface area contributed by atoms with Gasteiger partial charge in [-0.15, -0.1) is 5.10 Å². The van der Waals surface area contributed by atoms with Crippen LogP contribution in [0.3, 0.4) is 0 Å². The topological polar surface area (TPSA) is 134 Å². The minimum absolute atomic E-state index is 0.0490. The number of amidine groups is 1. The molecule has 0 atom stereocenters. The Balaban J connectivity index is 2.43. The van der Waals surface area contributed by atoms with Crippen LogP contribution in [-0.4, -0.2) is 50.0 Å². The molecule has 0 spiro atoms. The van der Waals surface area contributed by atoms with Gasteiger partial charge in [0.1, 0.15) is 6.33 Å². The Kier molecular flexibility index (Phi) is 3.41. The molecule has 2 aromatic heterocycles. The summed E-state index contributed by atoms with van der Waals surface area (Å²) in [4.78, 5) is 12.0. The molecular formula is C9H11N7O3. The van der Waals surface area contributed by atoms with Crippen molar-refractivity contribution in [3.8, 4) is 17.7 Å². The van der Waals surface area contributed by atoms with Gasteiger partial charge in [-0.05, 0) is 0 Å². The second kappa shape index (κ2) is 5.16. The third-order valence-electron chi connectivity index (χ3n) is 2.12. The van der Waals surface area contributed by atoms with Crippen LogP contribution >= 0.6 is 0 Å². The molecule has 100 valence electrons. The Morgan fingerprint density at radius 2 is 1.95 bits per heavy atom. The van der Waals surface area contributed by atoms with Crippen molar-refractivity contribution >= 4 is 5.84 Å². The van der Waals surface area contributed by atoms with Gasteiger partial charge in [0, 0.05) is 0 Å². The van der Waals surface area contributed by atoms with E-state index in [1.165, 1.54) is 31.3 Å². The molecule has 0 unspecified atom stereocenters. The van der Waals surface area contributed by atoms with E-state index in [1.54, 1.807) is 0 Å². The Morgan fingerprint density at radius 1 is 1.32 bits per heavy atom. The molecule has 0 saturated carbocycles. The van der Waals surface area contributed by atoms with Crippen molar-refractivity contribution in [2.75, 3.05) is 14.2 Å². The molecule has 0 amide bonds. The first-order chi connectivity index (χ1) is 9.17. The molecule has 0 saturated heterocycles. The van der Waals surface area contributed by atoms with E-state index in [1.807, 2.05) is 0 Å². The van der Waals surface area contributed by atoms with Crippen molar-refractivity contribution in [2.24, 2.45) is 10.9 Å². The number of nitrogens with two attached hydrogens (primary N) is 1. The second-order valence-electron chi connectivity index (χ2n) is 3.25. The van der Waals surface area contributed by atoms with Crippen molar-refractivity contribution < 1.29 is 14.7 Å². The summed E-state index contributed by atoms with van der Waals surface area (Å²) in [5, 5.41) is 15.3. The lowest BCUT2D eigenvalue weighted by molar-refractivity contribution is 0.318. The van der Waals surface area contributed by atoms with Crippen molar-refractivity contribution in [3.05, 3.63) is 18.2 Å². The summed E-state index contributed by atoms with van der Waals surface area (Å²) in [5.74, 6) is 0.632. The Hall–Kier alpha value is -2.91. The van der Waals surface area contributed by atoms with Gasteiger partial charge in [0.25, 0.3) is 5.95 Å². The van der Waals surface area contributed by atoms with E-state index in [9.17, 15) is 0 Å². The molecule has 0 aliphatic carbocycles. The van der Waals surface area contributed by atoms with Gasteiger partial charge in [-0.3, -0.25) is 0 Å². The molecule has 10 heteroatoms. The highest BCUT2D eigenvalue weighted by atomic mass is 16.5. The van der Waals surface area contributed by atoms with Crippen LogP contribution in [0.2, 0.25) is 0 Å². The van der Waals surface area contributed by atoms with Crippen LogP contribution in [0.15, 0.2) is 17.5 Å². The number of methoxy groups -OCH3 is 2. The number of aromatic nitrogens is 5. The van der Waals surface area contributed by atoms with Gasteiger partial charge in [0.05, 0.1) is 20.3 Å². The fraction of sp³-hybridized carbons (Fsp3) is 0.222. The number of hydrogen-bond donors (Lipinski definition) is 2.